The van der Waals surface area contributed by atoms with Gasteiger partial charge in [-0.1, -0.05) is 50.2 Å². The second kappa shape index (κ2) is 9.18. The summed E-state index contributed by atoms with van der Waals surface area (Å²) in [5, 5.41) is 9.01. The fraction of sp³-hybridized carbons (Fsp3) is 0.364. The van der Waals surface area contributed by atoms with Crippen molar-refractivity contribution >= 4 is 11.9 Å². The predicted molar refractivity (Wildman–Crippen MR) is 101 cm³/mol. The molecule has 0 aromatic heterocycles. The Labute approximate surface area is 154 Å². The van der Waals surface area contributed by atoms with Crippen LogP contribution in [0.1, 0.15) is 53.7 Å². The van der Waals surface area contributed by atoms with E-state index < -0.39 is 11.9 Å². The maximum absolute atomic E-state index is 12.5. The van der Waals surface area contributed by atoms with Crippen LogP contribution in [0.5, 0.6) is 0 Å². The Morgan fingerprint density at radius 2 is 1.46 bits per heavy atom. The molecule has 138 valence electrons. The molecule has 26 heavy (non-hydrogen) atoms. The maximum Gasteiger partial charge on any atom is 0.335 e. The molecule has 0 fully saturated rings. The first-order chi connectivity index (χ1) is 12.4. The van der Waals surface area contributed by atoms with Crippen molar-refractivity contribution in [3.05, 3.63) is 70.8 Å². The van der Waals surface area contributed by atoms with E-state index in [-0.39, 0.29) is 11.5 Å². The summed E-state index contributed by atoms with van der Waals surface area (Å²) in [5.74, 6) is -1.04. The molecule has 2 rings (SSSR count). The largest absolute Gasteiger partial charge is 0.478 e. The lowest BCUT2D eigenvalue weighted by atomic mass is 9.90. The van der Waals surface area contributed by atoms with E-state index in [2.05, 4.69) is 26.0 Å². The first-order valence-corrected chi connectivity index (χ1v) is 8.98. The van der Waals surface area contributed by atoms with Gasteiger partial charge in [0, 0.05) is 0 Å². The summed E-state index contributed by atoms with van der Waals surface area (Å²) in [6.45, 7) is 6.48. The van der Waals surface area contributed by atoms with Crippen LogP contribution in [0.4, 0.5) is 0 Å². The summed E-state index contributed by atoms with van der Waals surface area (Å²) in [5.41, 5.74) is 3.30. The molecular weight excluding hydrogens is 328 g/mol. The van der Waals surface area contributed by atoms with Gasteiger partial charge < -0.3 is 9.84 Å². The molecule has 0 aliphatic heterocycles. The average Bonchev–Trinajstić information content (AvgIpc) is 2.60. The van der Waals surface area contributed by atoms with E-state index in [1.807, 2.05) is 12.1 Å². The van der Waals surface area contributed by atoms with Gasteiger partial charge in [-0.3, -0.25) is 4.79 Å². The number of ether oxygens (including phenoxy) is 1. The number of carbonyl (C=O) groups excluding carboxylic acids is 1. The Morgan fingerprint density at radius 3 is 1.96 bits per heavy atom. The number of esters is 1. The zero-order chi connectivity index (χ0) is 19.1. The topological polar surface area (TPSA) is 63.6 Å². The Hall–Kier alpha value is -2.62. The molecule has 4 nitrogen and oxygen atoms in total. The fourth-order valence-electron chi connectivity index (χ4n) is 2.96. The fourth-order valence-corrected chi connectivity index (χ4v) is 2.96. The number of carboxylic acids is 1. The van der Waals surface area contributed by atoms with Gasteiger partial charge in [-0.05, 0) is 54.5 Å². The van der Waals surface area contributed by atoms with Crippen LogP contribution in [0.3, 0.4) is 0 Å². The Balaban J connectivity index is 2.22. The van der Waals surface area contributed by atoms with Gasteiger partial charge in [0.1, 0.15) is 0 Å². The monoisotopic (exact) mass is 354 g/mol. The molecule has 2 aromatic carbocycles. The lowest BCUT2D eigenvalue weighted by Crippen LogP contribution is -2.18. The predicted octanol–water partition coefficient (Wildman–Crippen LogP) is 4.47. The minimum atomic E-state index is -0.959. The highest BCUT2D eigenvalue weighted by molar-refractivity contribution is 5.87. The molecule has 0 spiro atoms. The van der Waals surface area contributed by atoms with Crippen LogP contribution in [-0.2, 0) is 22.4 Å². The van der Waals surface area contributed by atoms with E-state index in [1.165, 1.54) is 5.56 Å². The second-order valence-corrected chi connectivity index (χ2v) is 6.85. The Kier molecular flexibility index (Phi) is 6.96. The summed E-state index contributed by atoms with van der Waals surface area (Å²) in [6, 6.07) is 14.7. The molecule has 0 bridgehead atoms. The van der Waals surface area contributed by atoms with Crippen molar-refractivity contribution in [2.24, 2.45) is 5.92 Å². The van der Waals surface area contributed by atoms with Crippen molar-refractivity contribution in [1.29, 1.82) is 0 Å². The molecule has 1 unspecified atom stereocenters. The Bertz CT molecular complexity index is 730. The smallest absolute Gasteiger partial charge is 0.335 e. The van der Waals surface area contributed by atoms with Crippen LogP contribution in [0.2, 0.25) is 0 Å². The number of aromatic carboxylic acids is 1. The molecule has 0 aliphatic rings. The van der Waals surface area contributed by atoms with Crippen molar-refractivity contribution in [1.82, 2.24) is 0 Å². The van der Waals surface area contributed by atoms with Crippen LogP contribution in [0.15, 0.2) is 48.5 Å². The minimum absolute atomic E-state index is 0.236. The van der Waals surface area contributed by atoms with E-state index in [0.717, 1.165) is 17.5 Å². The molecular formula is C22H26O4. The van der Waals surface area contributed by atoms with Gasteiger partial charge >= 0.3 is 11.9 Å². The third-order valence-electron chi connectivity index (χ3n) is 4.24. The molecule has 0 saturated heterocycles. The number of hydrogen-bond acceptors (Lipinski definition) is 3. The highest BCUT2D eigenvalue weighted by Gasteiger charge is 2.22. The van der Waals surface area contributed by atoms with Gasteiger partial charge in [-0.2, -0.15) is 0 Å². The summed E-state index contributed by atoms with van der Waals surface area (Å²) in [7, 11) is 0. The molecule has 0 saturated carbocycles. The van der Waals surface area contributed by atoms with Crippen LogP contribution in [-0.4, -0.2) is 23.7 Å². The van der Waals surface area contributed by atoms with Crippen molar-refractivity contribution in [2.45, 2.75) is 39.5 Å². The molecule has 1 atom stereocenters. The molecule has 1 N–H and O–H groups in total. The summed E-state index contributed by atoms with van der Waals surface area (Å²) in [6.07, 6.45) is 1.48. The third kappa shape index (κ3) is 5.45. The number of carbonyl (C=O) groups is 2. The minimum Gasteiger partial charge on any atom is -0.478 e. The normalized spacial score (nSPS) is 12.0. The zero-order valence-corrected chi connectivity index (χ0v) is 15.6. The maximum atomic E-state index is 12.5. The van der Waals surface area contributed by atoms with Crippen molar-refractivity contribution in [3.63, 3.8) is 0 Å². The van der Waals surface area contributed by atoms with Crippen LogP contribution < -0.4 is 0 Å². The van der Waals surface area contributed by atoms with Crippen LogP contribution >= 0.6 is 0 Å². The van der Waals surface area contributed by atoms with Crippen molar-refractivity contribution in [2.75, 3.05) is 6.61 Å². The number of hydrogen-bond donors (Lipinski definition) is 1. The summed E-state index contributed by atoms with van der Waals surface area (Å²) < 4.78 is 5.25. The quantitative estimate of drug-likeness (QED) is 0.710. The molecule has 0 amide bonds. The van der Waals surface area contributed by atoms with Crippen molar-refractivity contribution in [3.8, 4) is 0 Å². The highest BCUT2D eigenvalue weighted by atomic mass is 16.5. The van der Waals surface area contributed by atoms with Gasteiger partial charge in [0.2, 0.25) is 0 Å². The molecule has 0 radical (unpaired) electrons. The van der Waals surface area contributed by atoms with Gasteiger partial charge in [-0.25, -0.2) is 4.79 Å². The second-order valence-electron chi connectivity index (χ2n) is 6.85. The third-order valence-corrected chi connectivity index (χ3v) is 4.24. The summed E-state index contributed by atoms with van der Waals surface area (Å²) in [4.78, 5) is 23.5. The van der Waals surface area contributed by atoms with Gasteiger partial charge in [0.05, 0.1) is 18.1 Å². The molecule has 0 heterocycles. The van der Waals surface area contributed by atoms with Gasteiger partial charge in [-0.15, -0.1) is 0 Å². The summed E-state index contributed by atoms with van der Waals surface area (Å²) >= 11 is 0. The SMILES string of the molecule is CCOC(=O)C(Cc1ccc(C(=O)O)cc1)c1ccc(CC(C)C)cc1. The van der Waals surface area contributed by atoms with E-state index >= 15 is 0 Å². The molecule has 2 aromatic rings. The highest BCUT2D eigenvalue weighted by Crippen LogP contribution is 2.24. The lowest BCUT2D eigenvalue weighted by Gasteiger charge is -2.17. The number of rotatable bonds is 8. The van der Waals surface area contributed by atoms with Gasteiger partial charge in [0.15, 0.2) is 0 Å². The van der Waals surface area contributed by atoms with E-state index in [9.17, 15) is 9.59 Å². The average molecular weight is 354 g/mol. The van der Waals surface area contributed by atoms with Gasteiger partial charge in [0.25, 0.3) is 0 Å². The van der Waals surface area contributed by atoms with Crippen LogP contribution in [0.25, 0.3) is 0 Å². The van der Waals surface area contributed by atoms with Crippen molar-refractivity contribution < 1.29 is 19.4 Å². The van der Waals surface area contributed by atoms with E-state index in [4.69, 9.17) is 9.84 Å². The standard InChI is InChI=1S/C22H26O4/c1-4-26-22(25)20(14-17-7-11-19(12-8-17)21(23)24)18-9-5-16(6-10-18)13-15(2)3/h5-12,15,20H,4,13-14H2,1-3H3,(H,23,24). The molecule has 4 heteroatoms. The first kappa shape index (κ1) is 19.7. The number of carboxylic acid groups (broad SMARTS) is 1. The van der Waals surface area contributed by atoms with Crippen LogP contribution in [0, 0.1) is 5.92 Å². The zero-order valence-electron chi connectivity index (χ0n) is 15.6. The van der Waals surface area contributed by atoms with E-state index in [1.54, 1.807) is 31.2 Å². The Morgan fingerprint density at radius 1 is 0.923 bits per heavy atom. The first-order valence-electron chi connectivity index (χ1n) is 8.98. The number of benzene rings is 2. The molecule has 0 aliphatic carbocycles. The lowest BCUT2D eigenvalue weighted by molar-refractivity contribution is -0.144. The van der Waals surface area contributed by atoms with E-state index in [0.29, 0.717) is 18.9 Å².